The summed E-state index contributed by atoms with van der Waals surface area (Å²) < 4.78 is 7.01. The predicted molar refractivity (Wildman–Crippen MR) is 116 cm³/mol. The van der Waals surface area contributed by atoms with Crippen LogP contribution in [-0.4, -0.2) is 31.4 Å². The molecule has 2 heterocycles. The number of carbonyl (C=O) groups excluding carboxylic acids is 1. The number of aryl methyl sites for hydroxylation is 1. The Bertz CT molecular complexity index is 1130. The van der Waals surface area contributed by atoms with Gasteiger partial charge in [-0.3, -0.25) is 19.5 Å². The highest BCUT2D eigenvalue weighted by molar-refractivity contribution is 7.99. The van der Waals surface area contributed by atoms with Gasteiger partial charge in [-0.15, -0.1) is 5.10 Å². The third-order valence-corrected chi connectivity index (χ3v) is 6.83. The first-order valence-corrected chi connectivity index (χ1v) is 11.2. The molecule has 1 N–H and O–H groups in total. The molecule has 30 heavy (non-hydrogen) atoms. The zero-order valence-electron chi connectivity index (χ0n) is 17.3. The minimum Gasteiger partial charge on any atom is -0.408 e. The van der Waals surface area contributed by atoms with Crippen LogP contribution in [0.5, 0.6) is 0 Å². The van der Waals surface area contributed by atoms with Crippen molar-refractivity contribution in [3.8, 4) is 0 Å². The molecule has 158 valence electrons. The zero-order chi connectivity index (χ0) is 21.3. The van der Waals surface area contributed by atoms with Gasteiger partial charge in [0.2, 0.25) is 11.8 Å². The molecule has 4 rings (SSSR count). The Morgan fingerprint density at radius 3 is 2.83 bits per heavy atom. The first kappa shape index (κ1) is 20.6. The van der Waals surface area contributed by atoms with Gasteiger partial charge in [-0.1, -0.05) is 55.7 Å². The second-order valence-electron chi connectivity index (χ2n) is 7.88. The topological polar surface area (TPSA) is 103 Å². The van der Waals surface area contributed by atoms with Crippen LogP contribution in [0.1, 0.15) is 45.0 Å². The van der Waals surface area contributed by atoms with Gasteiger partial charge in [0.25, 0.3) is 5.56 Å². The number of rotatable bonds is 5. The summed E-state index contributed by atoms with van der Waals surface area (Å²) in [5, 5.41) is 11.2. The third kappa shape index (κ3) is 4.12. The van der Waals surface area contributed by atoms with Crippen LogP contribution in [0, 0.1) is 18.8 Å². The molecule has 8 nitrogen and oxygen atoms in total. The van der Waals surface area contributed by atoms with E-state index in [-0.39, 0.29) is 29.3 Å². The number of thioether (sulfide) groups is 1. The van der Waals surface area contributed by atoms with Crippen LogP contribution in [-0.2, 0) is 4.79 Å². The molecule has 0 radical (unpaired) electrons. The molecule has 3 aromatic rings. The highest BCUT2D eigenvalue weighted by Gasteiger charge is 2.31. The van der Waals surface area contributed by atoms with E-state index in [0.717, 1.165) is 12.8 Å². The third-order valence-electron chi connectivity index (χ3n) is 5.88. The van der Waals surface area contributed by atoms with E-state index in [1.807, 2.05) is 28.8 Å². The van der Waals surface area contributed by atoms with Gasteiger partial charge in [0.05, 0.1) is 16.7 Å². The van der Waals surface area contributed by atoms with E-state index in [1.165, 1.54) is 18.2 Å². The van der Waals surface area contributed by atoms with E-state index < -0.39 is 0 Å². The van der Waals surface area contributed by atoms with Gasteiger partial charge in [0.15, 0.2) is 5.16 Å². The number of hydrogen-bond acceptors (Lipinski definition) is 7. The second kappa shape index (κ2) is 8.59. The summed E-state index contributed by atoms with van der Waals surface area (Å²) in [7, 11) is 0. The van der Waals surface area contributed by atoms with Crippen molar-refractivity contribution in [1.82, 2.24) is 19.7 Å². The van der Waals surface area contributed by atoms with E-state index in [2.05, 4.69) is 29.4 Å². The summed E-state index contributed by atoms with van der Waals surface area (Å²) in [4.78, 5) is 30.5. The maximum absolute atomic E-state index is 13.4. The molecule has 1 aliphatic carbocycles. The largest absolute Gasteiger partial charge is 0.408 e. The Labute approximate surface area is 178 Å². The van der Waals surface area contributed by atoms with Crippen molar-refractivity contribution in [2.24, 2.45) is 11.8 Å². The maximum atomic E-state index is 13.4. The number of para-hydroxylation sites is 1. The number of hydrogen-bond donors (Lipinski definition) is 1. The molecule has 0 unspecified atom stereocenters. The van der Waals surface area contributed by atoms with Gasteiger partial charge in [0.1, 0.15) is 0 Å². The number of nitrogens with one attached hydrogen (secondary N) is 1. The van der Waals surface area contributed by atoms with Crippen LogP contribution in [0.25, 0.3) is 10.9 Å². The first-order valence-electron chi connectivity index (χ1n) is 10.2. The molecule has 0 spiro atoms. The maximum Gasteiger partial charge on any atom is 0.322 e. The van der Waals surface area contributed by atoms with E-state index in [0.29, 0.717) is 33.8 Å². The van der Waals surface area contributed by atoms with Crippen LogP contribution >= 0.6 is 11.8 Å². The average Bonchev–Trinajstić information content (AvgIpc) is 3.13. The minimum absolute atomic E-state index is 0.0398. The fourth-order valence-corrected chi connectivity index (χ4v) is 4.92. The van der Waals surface area contributed by atoms with Gasteiger partial charge in [-0.05, 0) is 30.4 Å². The molecule has 9 heteroatoms. The number of anilines is 1. The fourth-order valence-electron chi connectivity index (χ4n) is 4.07. The number of benzene rings is 1. The van der Waals surface area contributed by atoms with Crippen LogP contribution < -0.4 is 10.9 Å². The molecule has 1 aliphatic rings. The van der Waals surface area contributed by atoms with Crippen molar-refractivity contribution < 1.29 is 9.21 Å². The molecule has 1 fully saturated rings. The van der Waals surface area contributed by atoms with Crippen molar-refractivity contribution in [3.63, 3.8) is 0 Å². The molecule has 2 aromatic heterocycles. The smallest absolute Gasteiger partial charge is 0.322 e. The van der Waals surface area contributed by atoms with E-state index in [9.17, 15) is 9.59 Å². The summed E-state index contributed by atoms with van der Waals surface area (Å²) in [6.45, 7) is 6.10. The lowest BCUT2D eigenvalue weighted by Crippen LogP contribution is -2.35. The van der Waals surface area contributed by atoms with Gasteiger partial charge in [-0.25, -0.2) is 4.98 Å². The van der Waals surface area contributed by atoms with E-state index >= 15 is 0 Å². The van der Waals surface area contributed by atoms with Crippen molar-refractivity contribution in [1.29, 1.82) is 0 Å². The average molecular weight is 428 g/mol. The standard InChI is InChI=1S/C21H25N5O3S/c1-12-7-6-10-17(13(12)2)26-19(28)15-8-4-5-9-16(15)22-21(26)30-11-18(27)23-20-25-24-14(3)29-20/h4-5,8-9,12-13,17H,6-7,10-11H2,1-3H3,(H,23,25,27)/t12-,13-,17+/m0/s1. The highest BCUT2D eigenvalue weighted by atomic mass is 32.2. The Kier molecular flexibility index (Phi) is 5.90. The molecule has 0 aliphatic heterocycles. The van der Waals surface area contributed by atoms with Crippen LogP contribution in [0.4, 0.5) is 6.01 Å². The summed E-state index contributed by atoms with van der Waals surface area (Å²) in [6, 6.07) is 7.51. The normalized spacial score (nSPS) is 21.6. The Balaban J connectivity index is 1.65. The number of nitrogens with zero attached hydrogens (tertiary/aromatic N) is 4. The number of carbonyl (C=O) groups is 1. The molecule has 1 aromatic carbocycles. The SMILES string of the molecule is Cc1nnc(NC(=O)CSc2nc3ccccc3c(=O)n2[C@@H]2CCC[C@H](C)[C@@H]2C)o1. The lowest BCUT2D eigenvalue weighted by atomic mass is 9.78. The Hall–Kier alpha value is -2.68. The first-order chi connectivity index (χ1) is 14.4. The van der Waals surface area contributed by atoms with Gasteiger partial charge in [0, 0.05) is 13.0 Å². The molecule has 0 bridgehead atoms. The van der Waals surface area contributed by atoms with Crippen molar-refractivity contribution in [2.45, 2.75) is 51.2 Å². The lowest BCUT2D eigenvalue weighted by Gasteiger charge is -2.36. The number of aromatic nitrogens is 4. The van der Waals surface area contributed by atoms with E-state index in [4.69, 9.17) is 9.40 Å². The minimum atomic E-state index is -0.289. The Morgan fingerprint density at radius 2 is 2.07 bits per heavy atom. The predicted octanol–water partition coefficient (Wildman–Crippen LogP) is 3.82. The number of amides is 1. The lowest BCUT2D eigenvalue weighted by molar-refractivity contribution is -0.113. The van der Waals surface area contributed by atoms with Gasteiger partial charge < -0.3 is 4.42 Å². The van der Waals surface area contributed by atoms with Crippen molar-refractivity contribution >= 4 is 34.6 Å². The zero-order valence-corrected chi connectivity index (χ0v) is 18.1. The van der Waals surface area contributed by atoms with Crippen molar-refractivity contribution in [3.05, 3.63) is 40.5 Å². The molecule has 3 atom stereocenters. The van der Waals surface area contributed by atoms with Gasteiger partial charge >= 0.3 is 6.01 Å². The molecule has 1 saturated carbocycles. The molecular formula is C21H25N5O3S. The van der Waals surface area contributed by atoms with Crippen molar-refractivity contribution in [2.75, 3.05) is 11.1 Å². The Morgan fingerprint density at radius 1 is 1.27 bits per heavy atom. The fraction of sp³-hybridized carbons (Fsp3) is 0.476. The molecule has 0 saturated heterocycles. The molecular weight excluding hydrogens is 402 g/mol. The van der Waals surface area contributed by atoms with E-state index in [1.54, 1.807) is 6.92 Å². The summed E-state index contributed by atoms with van der Waals surface area (Å²) in [5.41, 5.74) is 0.604. The van der Waals surface area contributed by atoms with Crippen LogP contribution in [0.3, 0.4) is 0 Å². The quantitative estimate of drug-likeness (QED) is 0.488. The molecule has 1 amide bonds. The van der Waals surface area contributed by atoms with Crippen LogP contribution in [0.15, 0.2) is 38.6 Å². The van der Waals surface area contributed by atoms with Crippen LogP contribution in [0.2, 0.25) is 0 Å². The summed E-state index contributed by atoms with van der Waals surface area (Å²) in [6.07, 6.45) is 3.19. The summed E-state index contributed by atoms with van der Waals surface area (Å²) in [5.74, 6) is 1.06. The monoisotopic (exact) mass is 427 g/mol. The number of fused-ring (bicyclic) bond motifs is 1. The second-order valence-corrected chi connectivity index (χ2v) is 8.83. The van der Waals surface area contributed by atoms with Gasteiger partial charge in [-0.2, -0.15) is 0 Å². The highest BCUT2D eigenvalue weighted by Crippen LogP contribution is 2.38. The summed E-state index contributed by atoms with van der Waals surface area (Å²) >= 11 is 1.26.